The van der Waals surface area contributed by atoms with Crippen LogP contribution < -0.4 is 10.1 Å². The fraction of sp³-hybridized carbons (Fsp3) is 0.545. The molecule has 0 bridgehead atoms. The van der Waals surface area contributed by atoms with Gasteiger partial charge in [-0.05, 0) is 44.0 Å². The maximum Gasteiger partial charge on any atom is 0.407 e. The van der Waals surface area contributed by atoms with Gasteiger partial charge in [0.1, 0.15) is 5.75 Å². The minimum absolute atomic E-state index is 0.626. The molecule has 158 valence electrons. The Morgan fingerprint density at radius 3 is 2.66 bits per heavy atom. The summed E-state index contributed by atoms with van der Waals surface area (Å²) >= 11 is 0. The average molecular weight is 401 g/mol. The minimum atomic E-state index is -0.800. The first-order valence-electron chi connectivity index (χ1n) is 10.5. The van der Waals surface area contributed by atoms with Crippen molar-refractivity contribution in [1.82, 2.24) is 14.8 Å². The zero-order chi connectivity index (χ0) is 20.6. The van der Waals surface area contributed by atoms with Crippen LogP contribution in [0.1, 0.15) is 31.2 Å². The van der Waals surface area contributed by atoms with Crippen molar-refractivity contribution in [2.45, 2.75) is 32.6 Å². The molecule has 0 saturated carbocycles. The third-order valence-electron chi connectivity index (χ3n) is 5.63. The highest BCUT2D eigenvalue weighted by molar-refractivity contribution is 5.93. The highest BCUT2D eigenvalue weighted by Crippen LogP contribution is 2.29. The van der Waals surface area contributed by atoms with Gasteiger partial charge in [0.05, 0.1) is 18.3 Å². The Morgan fingerprint density at radius 1 is 1.17 bits per heavy atom. The quantitative estimate of drug-likeness (QED) is 0.623. The van der Waals surface area contributed by atoms with Gasteiger partial charge in [-0.3, -0.25) is 9.88 Å². The molecule has 1 amide bonds. The molecule has 29 heavy (non-hydrogen) atoms. The summed E-state index contributed by atoms with van der Waals surface area (Å²) in [5.74, 6) is 0.846. The lowest BCUT2D eigenvalue weighted by Gasteiger charge is -2.33. The van der Waals surface area contributed by atoms with E-state index in [2.05, 4.69) is 22.1 Å². The number of anilines is 1. The molecule has 0 radical (unpaired) electrons. The fourth-order valence-electron chi connectivity index (χ4n) is 3.81. The lowest BCUT2D eigenvalue weighted by atomic mass is 10.1. The van der Waals surface area contributed by atoms with Crippen LogP contribution >= 0.6 is 0 Å². The van der Waals surface area contributed by atoms with Crippen LogP contribution in [0.25, 0.3) is 10.9 Å². The van der Waals surface area contributed by atoms with Gasteiger partial charge in [-0.25, -0.2) is 4.79 Å². The predicted octanol–water partition coefficient (Wildman–Crippen LogP) is 3.82. The van der Waals surface area contributed by atoms with E-state index >= 15 is 0 Å². The molecular formula is C22H32N4O3. The highest BCUT2D eigenvalue weighted by atomic mass is 16.5. The molecule has 0 aliphatic carbocycles. The van der Waals surface area contributed by atoms with Crippen molar-refractivity contribution in [3.05, 3.63) is 30.0 Å². The Labute approximate surface area is 172 Å². The number of fused-ring (bicyclic) bond motifs is 1. The van der Waals surface area contributed by atoms with Crippen molar-refractivity contribution in [3.8, 4) is 5.75 Å². The van der Waals surface area contributed by atoms with Gasteiger partial charge in [0.2, 0.25) is 0 Å². The van der Waals surface area contributed by atoms with E-state index in [1.54, 1.807) is 7.11 Å². The molecule has 1 aliphatic rings. The molecular weight excluding hydrogens is 368 g/mol. The molecule has 3 rings (SSSR count). The lowest BCUT2D eigenvalue weighted by Crippen LogP contribution is -2.48. The van der Waals surface area contributed by atoms with Crippen molar-refractivity contribution in [1.29, 1.82) is 0 Å². The highest BCUT2D eigenvalue weighted by Gasteiger charge is 2.19. The number of benzene rings is 1. The molecule has 0 spiro atoms. The summed E-state index contributed by atoms with van der Waals surface area (Å²) < 4.78 is 5.45. The SMILES string of the molecule is COc1cc(NCCCCCCN2CCN(C(=O)O)CC2)c2nccc(C)c2c1. The van der Waals surface area contributed by atoms with Crippen molar-refractivity contribution in [2.75, 3.05) is 51.7 Å². The first-order valence-corrected chi connectivity index (χ1v) is 10.5. The number of hydrogen-bond donors (Lipinski definition) is 2. The molecule has 7 heteroatoms. The van der Waals surface area contributed by atoms with Gasteiger partial charge in [0.25, 0.3) is 0 Å². The van der Waals surface area contributed by atoms with Crippen LogP contribution in [0.15, 0.2) is 24.4 Å². The number of pyridine rings is 1. The predicted molar refractivity (Wildman–Crippen MR) is 116 cm³/mol. The van der Waals surface area contributed by atoms with Gasteiger partial charge >= 0.3 is 6.09 Å². The van der Waals surface area contributed by atoms with E-state index in [1.165, 1.54) is 23.3 Å². The fourth-order valence-corrected chi connectivity index (χ4v) is 3.81. The molecule has 0 unspecified atom stereocenters. The van der Waals surface area contributed by atoms with Crippen LogP contribution in [0.5, 0.6) is 5.75 Å². The molecule has 1 saturated heterocycles. The Kier molecular flexibility index (Phi) is 7.52. The normalized spacial score (nSPS) is 14.9. The minimum Gasteiger partial charge on any atom is -0.497 e. The van der Waals surface area contributed by atoms with Gasteiger partial charge in [-0.2, -0.15) is 0 Å². The zero-order valence-corrected chi connectivity index (χ0v) is 17.5. The second-order valence-electron chi connectivity index (χ2n) is 7.65. The van der Waals surface area contributed by atoms with Crippen LogP contribution in [0.3, 0.4) is 0 Å². The Bertz CT molecular complexity index is 819. The zero-order valence-electron chi connectivity index (χ0n) is 17.5. The molecule has 1 aromatic heterocycles. The molecule has 2 aromatic rings. The van der Waals surface area contributed by atoms with E-state index in [0.717, 1.165) is 61.4 Å². The van der Waals surface area contributed by atoms with E-state index in [9.17, 15) is 4.79 Å². The molecule has 0 atom stereocenters. The van der Waals surface area contributed by atoms with E-state index in [4.69, 9.17) is 9.84 Å². The summed E-state index contributed by atoms with van der Waals surface area (Å²) in [4.78, 5) is 19.4. The van der Waals surface area contributed by atoms with E-state index in [-0.39, 0.29) is 0 Å². The summed E-state index contributed by atoms with van der Waals surface area (Å²) in [5, 5.41) is 13.6. The second-order valence-corrected chi connectivity index (χ2v) is 7.65. The number of unbranched alkanes of at least 4 members (excludes halogenated alkanes) is 3. The summed E-state index contributed by atoms with van der Waals surface area (Å²) in [6, 6.07) is 6.08. The Balaban J connectivity index is 1.37. The van der Waals surface area contributed by atoms with Crippen molar-refractivity contribution in [2.24, 2.45) is 0 Å². The third-order valence-corrected chi connectivity index (χ3v) is 5.63. The number of carboxylic acid groups (broad SMARTS) is 1. The van der Waals surface area contributed by atoms with Crippen LogP contribution in [-0.2, 0) is 0 Å². The molecule has 2 N–H and O–H groups in total. The second kappa shape index (κ2) is 10.3. The largest absolute Gasteiger partial charge is 0.497 e. The van der Waals surface area contributed by atoms with Gasteiger partial charge in [-0.1, -0.05) is 12.8 Å². The van der Waals surface area contributed by atoms with E-state index in [0.29, 0.717) is 13.1 Å². The maximum atomic E-state index is 10.9. The third kappa shape index (κ3) is 5.73. The number of piperazine rings is 1. The molecule has 7 nitrogen and oxygen atoms in total. The first kappa shape index (κ1) is 21.2. The number of hydrogen-bond acceptors (Lipinski definition) is 5. The summed E-state index contributed by atoms with van der Waals surface area (Å²) in [7, 11) is 1.69. The van der Waals surface area contributed by atoms with Crippen molar-refractivity contribution < 1.29 is 14.6 Å². The van der Waals surface area contributed by atoms with Gasteiger partial charge in [-0.15, -0.1) is 0 Å². The molecule has 2 heterocycles. The molecule has 1 aromatic carbocycles. The maximum absolute atomic E-state index is 10.9. The van der Waals surface area contributed by atoms with Gasteiger partial charge in [0.15, 0.2) is 0 Å². The van der Waals surface area contributed by atoms with Crippen LogP contribution in [0.2, 0.25) is 0 Å². The van der Waals surface area contributed by atoms with Gasteiger partial charge < -0.3 is 20.1 Å². The number of aryl methyl sites for hydroxylation is 1. The Hall–Kier alpha value is -2.54. The topological polar surface area (TPSA) is 77.9 Å². The Morgan fingerprint density at radius 2 is 1.93 bits per heavy atom. The van der Waals surface area contributed by atoms with Crippen molar-refractivity contribution in [3.63, 3.8) is 0 Å². The van der Waals surface area contributed by atoms with Crippen LogP contribution in [0, 0.1) is 6.92 Å². The first-order chi connectivity index (χ1) is 14.1. The van der Waals surface area contributed by atoms with E-state index < -0.39 is 6.09 Å². The van der Waals surface area contributed by atoms with Crippen LogP contribution in [-0.4, -0.2) is 72.4 Å². The summed E-state index contributed by atoms with van der Waals surface area (Å²) in [6.45, 7) is 7.02. The van der Waals surface area contributed by atoms with E-state index in [1.807, 2.05) is 24.4 Å². The lowest BCUT2D eigenvalue weighted by molar-refractivity contribution is 0.105. The standard InChI is InChI=1S/C22H32N4O3/c1-17-7-9-24-21-19(17)15-18(29-2)16-20(21)23-8-5-3-4-6-10-25-11-13-26(14-12-25)22(27)28/h7,9,15-16,23H,3-6,8,10-14H2,1-2H3,(H,27,28). The molecule has 1 aliphatic heterocycles. The van der Waals surface area contributed by atoms with Crippen LogP contribution in [0.4, 0.5) is 10.5 Å². The smallest absolute Gasteiger partial charge is 0.407 e. The number of amides is 1. The van der Waals surface area contributed by atoms with Gasteiger partial charge in [0, 0.05) is 50.4 Å². The monoisotopic (exact) mass is 400 g/mol. The number of nitrogens with one attached hydrogen (secondary N) is 1. The van der Waals surface area contributed by atoms with Crippen molar-refractivity contribution >= 4 is 22.7 Å². The number of rotatable bonds is 9. The number of methoxy groups -OCH3 is 1. The number of nitrogens with zero attached hydrogens (tertiary/aromatic N) is 3. The number of ether oxygens (including phenoxy) is 1. The summed E-state index contributed by atoms with van der Waals surface area (Å²) in [6.07, 6.45) is 5.69. The molecule has 1 fully saturated rings. The number of aromatic nitrogens is 1. The average Bonchev–Trinajstić information content (AvgIpc) is 2.73. The summed E-state index contributed by atoms with van der Waals surface area (Å²) in [5.41, 5.74) is 3.21. The number of carbonyl (C=O) groups is 1.